The van der Waals surface area contributed by atoms with Crippen LogP contribution in [0.2, 0.25) is 0 Å². The highest BCUT2D eigenvalue weighted by Crippen LogP contribution is 2.30. The molecule has 0 radical (unpaired) electrons. The summed E-state index contributed by atoms with van der Waals surface area (Å²) in [6.45, 7) is 0.687. The third-order valence-electron chi connectivity index (χ3n) is 5.81. The second-order valence-corrected chi connectivity index (χ2v) is 7.84. The Balaban J connectivity index is 1.38. The van der Waals surface area contributed by atoms with E-state index in [9.17, 15) is 5.11 Å². The zero-order chi connectivity index (χ0) is 20.9. The quantitative estimate of drug-likeness (QED) is 0.644. The van der Waals surface area contributed by atoms with Crippen LogP contribution in [0.15, 0.2) is 30.5 Å². The predicted octanol–water partition coefficient (Wildman–Crippen LogP) is 3.49. The van der Waals surface area contributed by atoms with Gasteiger partial charge in [0.25, 0.3) is 0 Å². The van der Waals surface area contributed by atoms with Gasteiger partial charge in [-0.25, -0.2) is 4.98 Å². The molecule has 0 spiro atoms. The van der Waals surface area contributed by atoms with Gasteiger partial charge in [0, 0.05) is 12.6 Å². The standard InChI is InChI=1S/C24H25N5O/c1-2-17-15-27-24(29-23(17)28-20-7-9-21(30)10-8-20)26-12-11-19-6-5-18-4-3-16(14-25)13-22(18)19/h1,3-4,6,13,15,20-21,30H,5,7-12H2,(H2,26,27,28,29). The van der Waals surface area contributed by atoms with E-state index in [-0.39, 0.29) is 12.1 Å². The maximum atomic E-state index is 9.70. The van der Waals surface area contributed by atoms with E-state index in [4.69, 9.17) is 11.7 Å². The van der Waals surface area contributed by atoms with Crippen molar-refractivity contribution in [2.45, 2.75) is 50.7 Å². The van der Waals surface area contributed by atoms with Gasteiger partial charge in [-0.3, -0.25) is 0 Å². The molecule has 1 aromatic carbocycles. The SMILES string of the molecule is C#Cc1cnc(NCCC2=CCc3ccc(C#N)cc32)nc1NC1CCC(O)CC1. The molecule has 4 rings (SSSR count). The summed E-state index contributed by atoms with van der Waals surface area (Å²) < 4.78 is 0. The van der Waals surface area contributed by atoms with Gasteiger partial charge < -0.3 is 15.7 Å². The first kappa shape index (κ1) is 19.9. The lowest BCUT2D eigenvalue weighted by molar-refractivity contribution is 0.126. The zero-order valence-electron chi connectivity index (χ0n) is 16.9. The summed E-state index contributed by atoms with van der Waals surface area (Å²) in [5, 5.41) is 25.6. The van der Waals surface area contributed by atoms with Crippen LogP contribution in [-0.4, -0.2) is 33.8 Å². The highest BCUT2D eigenvalue weighted by molar-refractivity contribution is 5.74. The number of aliphatic hydroxyl groups is 1. The summed E-state index contributed by atoms with van der Waals surface area (Å²) in [6, 6.07) is 8.35. The molecule has 6 heteroatoms. The molecule has 152 valence electrons. The van der Waals surface area contributed by atoms with Crippen LogP contribution in [0.5, 0.6) is 0 Å². The minimum Gasteiger partial charge on any atom is -0.393 e. The number of anilines is 2. The lowest BCUT2D eigenvalue weighted by Gasteiger charge is -2.27. The Morgan fingerprint density at radius 2 is 2.07 bits per heavy atom. The number of benzene rings is 1. The van der Waals surface area contributed by atoms with Gasteiger partial charge in [0.1, 0.15) is 5.82 Å². The van der Waals surface area contributed by atoms with Crippen LogP contribution in [0.3, 0.4) is 0 Å². The number of aromatic nitrogens is 2. The Labute approximate surface area is 177 Å². The van der Waals surface area contributed by atoms with E-state index >= 15 is 0 Å². The monoisotopic (exact) mass is 399 g/mol. The van der Waals surface area contributed by atoms with Crippen LogP contribution in [0.25, 0.3) is 5.57 Å². The van der Waals surface area contributed by atoms with Crippen molar-refractivity contribution >= 4 is 17.3 Å². The Hall–Kier alpha value is -3.35. The zero-order valence-corrected chi connectivity index (χ0v) is 16.9. The van der Waals surface area contributed by atoms with E-state index in [1.165, 1.54) is 16.7 Å². The highest BCUT2D eigenvalue weighted by Gasteiger charge is 2.20. The van der Waals surface area contributed by atoms with Crippen molar-refractivity contribution in [2.24, 2.45) is 0 Å². The lowest BCUT2D eigenvalue weighted by atomic mass is 9.93. The molecule has 1 heterocycles. The minimum atomic E-state index is -0.197. The molecule has 1 aromatic heterocycles. The number of hydrogen-bond acceptors (Lipinski definition) is 6. The van der Waals surface area contributed by atoms with E-state index in [0.29, 0.717) is 29.4 Å². The number of rotatable bonds is 6. The molecule has 1 saturated carbocycles. The Morgan fingerprint density at radius 3 is 2.83 bits per heavy atom. The van der Waals surface area contributed by atoms with Crippen molar-refractivity contribution in [3.05, 3.63) is 52.7 Å². The van der Waals surface area contributed by atoms with Crippen LogP contribution in [0.4, 0.5) is 11.8 Å². The topological polar surface area (TPSA) is 93.9 Å². The van der Waals surface area contributed by atoms with E-state index in [2.05, 4.69) is 38.7 Å². The van der Waals surface area contributed by atoms with Crippen LogP contribution >= 0.6 is 0 Å². The Kier molecular flexibility index (Phi) is 5.97. The predicted molar refractivity (Wildman–Crippen MR) is 118 cm³/mol. The van der Waals surface area contributed by atoms with E-state index in [1.807, 2.05) is 18.2 Å². The number of terminal acetylenes is 1. The van der Waals surface area contributed by atoms with Crippen LogP contribution in [0, 0.1) is 23.7 Å². The van der Waals surface area contributed by atoms with Crippen molar-refractivity contribution in [3.8, 4) is 18.4 Å². The fourth-order valence-electron chi connectivity index (χ4n) is 4.11. The van der Waals surface area contributed by atoms with Gasteiger partial charge in [0.05, 0.1) is 29.5 Å². The summed E-state index contributed by atoms with van der Waals surface area (Å²) >= 11 is 0. The van der Waals surface area contributed by atoms with Crippen LogP contribution < -0.4 is 10.6 Å². The number of aliphatic hydroxyl groups excluding tert-OH is 1. The number of hydrogen-bond donors (Lipinski definition) is 3. The number of nitriles is 1. The van der Waals surface area contributed by atoms with Crippen molar-refractivity contribution < 1.29 is 5.11 Å². The fraction of sp³-hybridized carbons (Fsp3) is 0.375. The first-order valence-corrected chi connectivity index (χ1v) is 10.4. The molecule has 0 bridgehead atoms. The molecule has 2 aliphatic rings. The third-order valence-corrected chi connectivity index (χ3v) is 5.81. The molecule has 6 nitrogen and oxygen atoms in total. The second kappa shape index (κ2) is 8.98. The van der Waals surface area contributed by atoms with Crippen molar-refractivity contribution in [1.82, 2.24) is 9.97 Å². The van der Waals surface area contributed by atoms with Gasteiger partial charge in [-0.05, 0) is 67.4 Å². The van der Waals surface area contributed by atoms with Gasteiger partial charge >= 0.3 is 0 Å². The summed E-state index contributed by atoms with van der Waals surface area (Å²) in [5.41, 5.74) is 5.01. The van der Waals surface area contributed by atoms with Gasteiger partial charge in [0.2, 0.25) is 5.95 Å². The molecule has 2 aromatic rings. The van der Waals surface area contributed by atoms with E-state index in [1.54, 1.807) is 6.20 Å². The molecule has 0 atom stereocenters. The van der Waals surface area contributed by atoms with Gasteiger partial charge in [-0.2, -0.15) is 10.2 Å². The second-order valence-electron chi connectivity index (χ2n) is 7.84. The largest absolute Gasteiger partial charge is 0.393 e. The minimum absolute atomic E-state index is 0.197. The first-order valence-electron chi connectivity index (χ1n) is 10.4. The van der Waals surface area contributed by atoms with E-state index < -0.39 is 0 Å². The molecular formula is C24H25N5O. The molecule has 0 amide bonds. The molecule has 30 heavy (non-hydrogen) atoms. The van der Waals surface area contributed by atoms with Crippen LogP contribution in [-0.2, 0) is 6.42 Å². The first-order chi connectivity index (χ1) is 14.7. The Bertz CT molecular complexity index is 1040. The van der Waals surface area contributed by atoms with Crippen molar-refractivity contribution in [2.75, 3.05) is 17.2 Å². The maximum absolute atomic E-state index is 9.70. The van der Waals surface area contributed by atoms with Gasteiger partial charge in [0.15, 0.2) is 0 Å². The molecule has 0 aliphatic heterocycles. The fourth-order valence-corrected chi connectivity index (χ4v) is 4.11. The number of fused-ring (bicyclic) bond motifs is 1. The normalized spacial score (nSPS) is 19.9. The maximum Gasteiger partial charge on any atom is 0.224 e. The molecule has 3 N–H and O–H groups in total. The smallest absolute Gasteiger partial charge is 0.224 e. The number of nitrogens with zero attached hydrogens (tertiary/aromatic N) is 3. The highest BCUT2D eigenvalue weighted by atomic mass is 16.3. The summed E-state index contributed by atoms with van der Waals surface area (Å²) in [4.78, 5) is 8.94. The summed E-state index contributed by atoms with van der Waals surface area (Å²) in [5.74, 6) is 3.85. The molecule has 1 fully saturated rings. The molecule has 0 unspecified atom stereocenters. The summed E-state index contributed by atoms with van der Waals surface area (Å²) in [6.07, 6.45) is 14.4. The van der Waals surface area contributed by atoms with Crippen molar-refractivity contribution in [3.63, 3.8) is 0 Å². The summed E-state index contributed by atoms with van der Waals surface area (Å²) in [7, 11) is 0. The number of allylic oxidation sites excluding steroid dienone is 1. The molecule has 2 aliphatic carbocycles. The van der Waals surface area contributed by atoms with Crippen LogP contribution in [0.1, 0.15) is 54.4 Å². The Morgan fingerprint density at radius 1 is 1.23 bits per heavy atom. The molecule has 0 saturated heterocycles. The average Bonchev–Trinajstić information content (AvgIpc) is 3.17. The molecular weight excluding hydrogens is 374 g/mol. The van der Waals surface area contributed by atoms with E-state index in [0.717, 1.165) is 38.5 Å². The van der Waals surface area contributed by atoms with Gasteiger partial charge in [-0.15, -0.1) is 6.42 Å². The average molecular weight is 399 g/mol. The third kappa shape index (κ3) is 4.45. The van der Waals surface area contributed by atoms with Crippen molar-refractivity contribution in [1.29, 1.82) is 5.26 Å². The van der Waals surface area contributed by atoms with Gasteiger partial charge in [-0.1, -0.05) is 18.1 Å². The lowest BCUT2D eigenvalue weighted by Crippen LogP contribution is -2.29. The number of nitrogens with one attached hydrogen (secondary N) is 2.